The van der Waals surface area contributed by atoms with Gasteiger partial charge in [-0.1, -0.05) is 107 Å². The Balaban J connectivity index is 0.000000186. The molecule has 0 spiro atoms. The Morgan fingerprint density at radius 1 is 0.833 bits per heavy atom. The Kier molecular flexibility index (Phi) is 11.5. The topological polar surface area (TPSA) is 51.8 Å². The molecule has 4 nitrogen and oxygen atoms in total. The van der Waals surface area contributed by atoms with Crippen LogP contribution < -0.4 is 5.19 Å². The summed E-state index contributed by atoms with van der Waals surface area (Å²) in [4.78, 5) is 14.0. The summed E-state index contributed by atoms with van der Waals surface area (Å²) in [5.74, 6) is 1.70. The molecule has 1 aliphatic carbocycles. The molecule has 48 heavy (non-hydrogen) atoms. The SMILES string of the molecule is CC(C)c1ccnc(-c2[c-]ccc3c2oc2nc(C(C)C)ccc23)c1.C[Si](C)(C)c1cnc(-c2[c-]cccc2)cc1CC1CCCC1.[Ir]. The number of benzene rings is 2. The molecule has 0 unspecified atom stereocenters. The molecule has 4 heterocycles. The number of furan rings is 1. The van der Waals surface area contributed by atoms with E-state index in [-0.39, 0.29) is 20.1 Å². The molecule has 1 aliphatic rings. The maximum Gasteiger partial charge on any atom is 0.216 e. The van der Waals surface area contributed by atoms with Crippen LogP contribution in [0.5, 0.6) is 0 Å². The third kappa shape index (κ3) is 8.05. The van der Waals surface area contributed by atoms with Gasteiger partial charge in [-0.3, -0.25) is 0 Å². The Hall–Kier alpha value is -3.44. The van der Waals surface area contributed by atoms with Crippen LogP contribution >= 0.6 is 0 Å². The molecule has 251 valence electrons. The van der Waals surface area contributed by atoms with Crippen LogP contribution in [0.2, 0.25) is 19.6 Å². The van der Waals surface area contributed by atoms with Crippen molar-refractivity contribution in [3.8, 4) is 22.5 Å². The molecule has 0 saturated heterocycles. The number of rotatable bonds is 7. The summed E-state index contributed by atoms with van der Waals surface area (Å²) >= 11 is 0. The van der Waals surface area contributed by atoms with E-state index < -0.39 is 8.07 Å². The largest absolute Gasteiger partial charge is 0.486 e. The molecular weight excluding hydrogens is 783 g/mol. The molecule has 0 bridgehead atoms. The van der Waals surface area contributed by atoms with Crippen LogP contribution in [0, 0.1) is 18.1 Å². The van der Waals surface area contributed by atoms with Crippen LogP contribution in [0.15, 0.2) is 83.5 Å². The zero-order chi connectivity index (χ0) is 33.1. The van der Waals surface area contributed by atoms with Gasteiger partial charge in [0.2, 0.25) is 5.71 Å². The van der Waals surface area contributed by atoms with Gasteiger partial charge in [0.25, 0.3) is 0 Å². The quantitative estimate of drug-likeness (QED) is 0.119. The molecule has 1 radical (unpaired) electrons. The minimum atomic E-state index is -1.35. The Bertz CT molecular complexity index is 1970. The summed E-state index contributed by atoms with van der Waals surface area (Å²) in [6.45, 7) is 15.9. The van der Waals surface area contributed by atoms with E-state index in [4.69, 9.17) is 14.4 Å². The monoisotopic (exact) mass is 830 g/mol. The van der Waals surface area contributed by atoms with Crippen LogP contribution in [0.1, 0.15) is 82.0 Å². The van der Waals surface area contributed by atoms with Gasteiger partial charge in [0, 0.05) is 43.6 Å². The van der Waals surface area contributed by atoms with E-state index in [9.17, 15) is 0 Å². The Labute approximate surface area is 301 Å². The van der Waals surface area contributed by atoms with E-state index in [2.05, 4.69) is 113 Å². The second-order valence-corrected chi connectivity index (χ2v) is 19.7. The average molecular weight is 830 g/mol. The predicted octanol–water partition coefficient (Wildman–Crippen LogP) is 10.9. The second-order valence-electron chi connectivity index (χ2n) is 14.7. The smallest absolute Gasteiger partial charge is 0.216 e. The standard InChI is InChI=1S/C22H21N2O.C20H26NSi.Ir/c1-13(2)15-10-11-23-20(12-15)18-7-5-6-16-17-8-9-19(14(3)4)24-22(17)25-21(16)18;1-22(2,3)20-15-21-19(17-11-5-4-6-12-17)14-18(20)13-16-9-7-8-10-16;/h5-6,8-14H,1-4H3;4-6,11,14-16H,7-10,13H2,1-3H3;/q2*-1;. The number of hydrogen-bond donors (Lipinski definition) is 0. The van der Waals surface area contributed by atoms with Crippen LogP contribution in [0.25, 0.3) is 44.6 Å². The van der Waals surface area contributed by atoms with E-state index in [0.29, 0.717) is 17.5 Å². The van der Waals surface area contributed by atoms with Gasteiger partial charge < -0.3 is 14.4 Å². The summed E-state index contributed by atoms with van der Waals surface area (Å²) in [5, 5.41) is 3.64. The summed E-state index contributed by atoms with van der Waals surface area (Å²) in [6.07, 6.45) is 10.9. The van der Waals surface area contributed by atoms with Gasteiger partial charge >= 0.3 is 0 Å². The maximum atomic E-state index is 6.15. The van der Waals surface area contributed by atoms with E-state index in [0.717, 1.165) is 50.5 Å². The fraction of sp³-hybridized carbons (Fsp3) is 0.357. The van der Waals surface area contributed by atoms with Gasteiger partial charge in [-0.15, -0.1) is 54.1 Å². The van der Waals surface area contributed by atoms with Gasteiger partial charge in [-0.25, -0.2) is 4.98 Å². The zero-order valence-electron chi connectivity index (χ0n) is 29.4. The number of aromatic nitrogens is 3. The number of nitrogens with zero attached hydrogens (tertiary/aromatic N) is 3. The molecule has 0 aliphatic heterocycles. The molecule has 1 fully saturated rings. The van der Waals surface area contributed by atoms with Crippen molar-refractivity contribution in [3.63, 3.8) is 0 Å². The molecule has 2 aromatic carbocycles. The summed E-state index contributed by atoms with van der Waals surface area (Å²) < 4.78 is 6.15. The Morgan fingerprint density at radius 2 is 1.62 bits per heavy atom. The van der Waals surface area contributed by atoms with Crippen molar-refractivity contribution in [2.24, 2.45) is 5.92 Å². The molecule has 1 saturated carbocycles. The number of hydrogen-bond acceptors (Lipinski definition) is 4. The van der Waals surface area contributed by atoms with Crippen LogP contribution in [0.4, 0.5) is 0 Å². The number of fused-ring (bicyclic) bond motifs is 3. The van der Waals surface area contributed by atoms with Crippen molar-refractivity contribution in [1.82, 2.24) is 15.0 Å². The number of pyridine rings is 3. The minimum Gasteiger partial charge on any atom is -0.486 e. The van der Waals surface area contributed by atoms with Crippen molar-refractivity contribution in [2.75, 3.05) is 0 Å². The van der Waals surface area contributed by atoms with Gasteiger partial charge in [0.1, 0.15) is 0 Å². The first-order chi connectivity index (χ1) is 22.6. The van der Waals surface area contributed by atoms with Gasteiger partial charge in [0.05, 0.1) is 13.7 Å². The summed E-state index contributed by atoms with van der Waals surface area (Å²) in [5.41, 5.74) is 9.30. The van der Waals surface area contributed by atoms with Gasteiger partial charge in [-0.2, -0.15) is 0 Å². The first-order valence-electron chi connectivity index (χ1n) is 17.2. The van der Waals surface area contributed by atoms with Crippen molar-refractivity contribution < 1.29 is 24.5 Å². The molecule has 0 atom stereocenters. The first kappa shape index (κ1) is 35.9. The zero-order valence-corrected chi connectivity index (χ0v) is 32.8. The van der Waals surface area contributed by atoms with Crippen LogP contribution in [-0.4, -0.2) is 23.0 Å². The molecule has 4 aromatic heterocycles. The second kappa shape index (κ2) is 15.4. The van der Waals surface area contributed by atoms with Crippen molar-refractivity contribution in [1.29, 1.82) is 0 Å². The molecule has 6 aromatic rings. The summed E-state index contributed by atoms with van der Waals surface area (Å²) in [7, 11) is -1.35. The van der Waals surface area contributed by atoms with E-state index in [1.165, 1.54) is 37.7 Å². The minimum absolute atomic E-state index is 0. The third-order valence-electron chi connectivity index (χ3n) is 9.38. The van der Waals surface area contributed by atoms with Crippen LogP contribution in [0.3, 0.4) is 0 Å². The third-order valence-corrected chi connectivity index (χ3v) is 11.5. The first-order valence-corrected chi connectivity index (χ1v) is 20.7. The molecule has 0 N–H and O–H groups in total. The average Bonchev–Trinajstić information content (AvgIpc) is 3.72. The van der Waals surface area contributed by atoms with E-state index >= 15 is 0 Å². The van der Waals surface area contributed by atoms with Crippen molar-refractivity contribution >= 4 is 35.3 Å². The Morgan fingerprint density at radius 3 is 2.31 bits per heavy atom. The van der Waals surface area contributed by atoms with Crippen molar-refractivity contribution in [3.05, 3.63) is 108 Å². The van der Waals surface area contributed by atoms with E-state index in [1.54, 1.807) is 10.8 Å². The molecular formula is C42H47IrN3OSi-2. The van der Waals surface area contributed by atoms with Gasteiger partial charge in [0.15, 0.2) is 0 Å². The predicted molar refractivity (Wildman–Crippen MR) is 199 cm³/mol. The summed E-state index contributed by atoms with van der Waals surface area (Å²) in [6, 6.07) is 29.5. The molecule has 7 rings (SSSR count). The molecule has 6 heteroatoms. The fourth-order valence-electron chi connectivity index (χ4n) is 6.66. The molecule has 0 amide bonds. The van der Waals surface area contributed by atoms with Crippen molar-refractivity contribution in [2.45, 2.75) is 91.3 Å². The van der Waals surface area contributed by atoms with Crippen LogP contribution in [-0.2, 0) is 26.5 Å². The van der Waals surface area contributed by atoms with E-state index in [1.807, 2.05) is 30.5 Å². The normalized spacial score (nSPS) is 13.6. The fourth-order valence-corrected chi connectivity index (χ4v) is 8.25. The maximum absolute atomic E-state index is 6.15. The van der Waals surface area contributed by atoms with Gasteiger partial charge in [-0.05, 0) is 58.9 Å².